The lowest BCUT2D eigenvalue weighted by atomic mass is 9.96. The number of amides is 1. The fraction of sp³-hybridized carbons (Fsp3) is 0.172. The minimum Gasteiger partial charge on any atom is -0.494 e. The standard InChI is InChI=1S/C29H26F3N3O2/c1-19-7-16-25(26(18-19)20-8-10-21(11-9-20)29(30,31)32)28(36)35-23-12-14-24(15-13-23)37-17-3-5-22-4-2-6-27(33)34-22/h2,4,6-16,18H,3,5,17H2,1H3,(H2,33,34)(H,35,36). The van der Waals surface area contributed by atoms with Crippen LogP contribution in [0.2, 0.25) is 0 Å². The number of aryl methyl sites for hydroxylation is 2. The Kier molecular flexibility index (Phi) is 7.77. The second-order valence-corrected chi connectivity index (χ2v) is 8.61. The van der Waals surface area contributed by atoms with Crippen molar-refractivity contribution in [3.05, 3.63) is 107 Å². The fourth-order valence-corrected chi connectivity index (χ4v) is 3.85. The number of hydrogen-bond donors (Lipinski definition) is 2. The maximum atomic E-state index is 13.1. The molecule has 8 heteroatoms. The number of nitrogen functional groups attached to an aromatic ring is 1. The van der Waals surface area contributed by atoms with Crippen LogP contribution in [0.25, 0.3) is 11.1 Å². The molecule has 190 valence electrons. The molecule has 4 rings (SSSR count). The Morgan fingerprint density at radius 3 is 2.38 bits per heavy atom. The van der Waals surface area contributed by atoms with E-state index in [1.165, 1.54) is 12.1 Å². The van der Waals surface area contributed by atoms with Gasteiger partial charge in [-0.25, -0.2) is 4.98 Å². The van der Waals surface area contributed by atoms with Gasteiger partial charge in [-0.3, -0.25) is 4.79 Å². The molecule has 0 fully saturated rings. The molecule has 1 aromatic heterocycles. The van der Waals surface area contributed by atoms with Crippen molar-refractivity contribution in [3.63, 3.8) is 0 Å². The smallest absolute Gasteiger partial charge is 0.416 e. The largest absolute Gasteiger partial charge is 0.494 e. The second kappa shape index (κ2) is 11.2. The molecule has 0 aliphatic rings. The van der Waals surface area contributed by atoms with Crippen LogP contribution in [0.3, 0.4) is 0 Å². The minimum atomic E-state index is -4.42. The van der Waals surface area contributed by atoms with Gasteiger partial charge in [0.25, 0.3) is 5.91 Å². The average Bonchev–Trinajstić information content (AvgIpc) is 2.87. The number of benzene rings is 3. The van der Waals surface area contributed by atoms with E-state index in [9.17, 15) is 18.0 Å². The second-order valence-electron chi connectivity index (χ2n) is 8.61. The lowest BCUT2D eigenvalue weighted by Gasteiger charge is -2.13. The molecular weight excluding hydrogens is 479 g/mol. The van der Waals surface area contributed by atoms with Gasteiger partial charge in [-0.1, -0.05) is 35.9 Å². The Labute approximate surface area is 213 Å². The lowest BCUT2D eigenvalue weighted by molar-refractivity contribution is -0.137. The zero-order chi connectivity index (χ0) is 26.4. The van der Waals surface area contributed by atoms with Gasteiger partial charge in [-0.2, -0.15) is 13.2 Å². The predicted octanol–water partition coefficient (Wildman–Crippen LogP) is 6.92. The monoisotopic (exact) mass is 505 g/mol. The molecule has 1 amide bonds. The van der Waals surface area contributed by atoms with Crippen molar-refractivity contribution in [2.45, 2.75) is 25.9 Å². The summed E-state index contributed by atoms with van der Waals surface area (Å²) in [5, 5.41) is 2.85. The first-order valence-electron chi connectivity index (χ1n) is 11.7. The number of aromatic nitrogens is 1. The van der Waals surface area contributed by atoms with Crippen LogP contribution in [0.1, 0.15) is 33.6 Å². The highest BCUT2D eigenvalue weighted by Gasteiger charge is 2.30. The first kappa shape index (κ1) is 25.8. The summed E-state index contributed by atoms with van der Waals surface area (Å²) in [5.74, 6) is 0.797. The highest BCUT2D eigenvalue weighted by Crippen LogP contribution is 2.32. The van der Waals surface area contributed by atoms with Crippen LogP contribution < -0.4 is 15.8 Å². The molecule has 3 aromatic carbocycles. The zero-order valence-corrected chi connectivity index (χ0v) is 20.2. The van der Waals surface area contributed by atoms with E-state index in [1.807, 2.05) is 19.1 Å². The van der Waals surface area contributed by atoms with Gasteiger partial charge in [0.15, 0.2) is 0 Å². The highest BCUT2D eigenvalue weighted by atomic mass is 19.4. The van der Waals surface area contributed by atoms with E-state index in [-0.39, 0.29) is 5.91 Å². The number of nitrogens with one attached hydrogen (secondary N) is 1. The molecule has 5 nitrogen and oxygen atoms in total. The molecule has 0 unspecified atom stereocenters. The number of nitrogens with two attached hydrogens (primary N) is 1. The summed E-state index contributed by atoms with van der Waals surface area (Å²) >= 11 is 0. The number of ether oxygens (including phenoxy) is 1. The third kappa shape index (κ3) is 6.88. The first-order valence-corrected chi connectivity index (χ1v) is 11.7. The topological polar surface area (TPSA) is 77.2 Å². The normalized spacial score (nSPS) is 11.2. The molecule has 0 saturated carbocycles. The van der Waals surface area contributed by atoms with Crippen LogP contribution in [0.15, 0.2) is 84.9 Å². The van der Waals surface area contributed by atoms with Gasteiger partial charge in [0.05, 0.1) is 12.2 Å². The highest BCUT2D eigenvalue weighted by molar-refractivity contribution is 6.08. The van der Waals surface area contributed by atoms with E-state index in [1.54, 1.807) is 48.5 Å². The Morgan fingerprint density at radius 1 is 0.973 bits per heavy atom. The maximum Gasteiger partial charge on any atom is 0.416 e. The minimum absolute atomic E-state index is 0.362. The molecule has 3 N–H and O–H groups in total. The van der Waals surface area contributed by atoms with Crippen molar-refractivity contribution < 1.29 is 22.7 Å². The van der Waals surface area contributed by atoms with Crippen LogP contribution in [0, 0.1) is 6.92 Å². The van der Waals surface area contributed by atoms with Crippen LogP contribution >= 0.6 is 0 Å². The summed E-state index contributed by atoms with van der Waals surface area (Å²) in [6, 6.07) is 22.6. The molecule has 0 radical (unpaired) electrons. The number of carbonyl (C=O) groups excluding carboxylic acids is 1. The molecule has 1 heterocycles. The van der Waals surface area contributed by atoms with E-state index in [0.29, 0.717) is 40.6 Å². The molecule has 0 atom stereocenters. The number of nitrogens with zero attached hydrogens (tertiary/aromatic N) is 1. The fourth-order valence-electron chi connectivity index (χ4n) is 3.85. The van der Waals surface area contributed by atoms with Crippen LogP contribution in [-0.4, -0.2) is 17.5 Å². The SMILES string of the molecule is Cc1ccc(C(=O)Nc2ccc(OCCCc3cccc(N)n3)cc2)c(-c2ccc(C(F)(F)F)cc2)c1. The van der Waals surface area contributed by atoms with Crippen LogP contribution in [0.4, 0.5) is 24.7 Å². The number of hydrogen-bond acceptors (Lipinski definition) is 4. The zero-order valence-electron chi connectivity index (χ0n) is 20.2. The number of alkyl halides is 3. The summed E-state index contributed by atoms with van der Waals surface area (Å²) < 4.78 is 44.6. The number of carbonyl (C=O) groups is 1. The molecule has 0 spiro atoms. The van der Waals surface area contributed by atoms with Gasteiger partial charge in [0.2, 0.25) is 0 Å². The van der Waals surface area contributed by atoms with E-state index in [2.05, 4.69) is 10.3 Å². The van der Waals surface area contributed by atoms with Crippen molar-refractivity contribution in [3.8, 4) is 16.9 Å². The Morgan fingerprint density at radius 2 is 1.70 bits per heavy atom. The van der Waals surface area contributed by atoms with Gasteiger partial charge < -0.3 is 15.8 Å². The van der Waals surface area contributed by atoms with Gasteiger partial charge in [-0.15, -0.1) is 0 Å². The molecule has 0 saturated heterocycles. The Balaban J connectivity index is 1.38. The van der Waals surface area contributed by atoms with Gasteiger partial charge in [0.1, 0.15) is 11.6 Å². The van der Waals surface area contributed by atoms with E-state index in [0.717, 1.165) is 36.2 Å². The average molecular weight is 506 g/mol. The summed E-state index contributed by atoms with van der Waals surface area (Å²) in [7, 11) is 0. The van der Waals surface area contributed by atoms with E-state index in [4.69, 9.17) is 10.5 Å². The Bertz CT molecular complexity index is 1370. The number of rotatable bonds is 8. The van der Waals surface area contributed by atoms with Crippen molar-refractivity contribution in [1.29, 1.82) is 0 Å². The first-order chi connectivity index (χ1) is 17.7. The van der Waals surface area contributed by atoms with Crippen molar-refractivity contribution in [1.82, 2.24) is 4.98 Å². The van der Waals surface area contributed by atoms with Crippen molar-refractivity contribution >= 4 is 17.4 Å². The van der Waals surface area contributed by atoms with Gasteiger partial charge in [0, 0.05) is 16.9 Å². The van der Waals surface area contributed by atoms with Crippen LogP contribution in [0.5, 0.6) is 5.75 Å². The molecule has 37 heavy (non-hydrogen) atoms. The predicted molar refractivity (Wildman–Crippen MR) is 138 cm³/mol. The summed E-state index contributed by atoms with van der Waals surface area (Å²) in [6.45, 7) is 2.36. The maximum absolute atomic E-state index is 13.1. The van der Waals surface area contributed by atoms with E-state index >= 15 is 0 Å². The lowest BCUT2D eigenvalue weighted by Crippen LogP contribution is -2.13. The van der Waals surface area contributed by atoms with E-state index < -0.39 is 11.7 Å². The van der Waals surface area contributed by atoms with Crippen LogP contribution in [-0.2, 0) is 12.6 Å². The Hall–Kier alpha value is -4.33. The molecular formula is C29H26F3N3O2. The number of anilines is 2. The summed E-state index contributed by atoms with van der Waals surface area (Å²) in [6.07, 6.45) is -2.90. The summed E-state index contributed by atoms with van der Waals surface area (Å²) in [4.78, 5) is 17.3. The van der Waals surface area contributed by atoms with Crippen molar-refractivity contribution in [2.24, 2.45) is 0 Å². The van der Waals surface area contributed by atoms with Gasteiger partial charge in [-0.05, 0) is 85.5 Å². The third-order valence-corrected chi connectivity index (χ3v) is 5.73. The quantitative estimate of drug-likeness (QED) is 0.255. The molecule has 0 bridgehead atoms. The molecule has 0 aliphatic carbocycles. The molecule has 4 aromatic rings. The number of pyridine rings is 1. The van der Waals surface area contributed by atoms with Crippen molar-refractivity contribution in [2.75, 3.05) is 17.7 Å². The third-order valence-electron chi connectivity index (χ3n) is 5.73. The van der Waals surface area contributed by atoms with Gasteiger partial charge >= 0.3 is 6.18 Å². The molecule has 0 aliphatic heterocycles. The number of halogens is 3. The summed E-state index contributed by atoms with van der Waals surface area (Å²) in [5.41, 5.74) is 8.77.